The van der Waals surface area contributed by atoms with E-state index in [0.717, 1.165) is 12.1 Å². The van der Waals surface area contributed by atoms with Crippen molar-refractivity contribution in [3.63, 3.8) is 0 Å². The van der Waals surface area contributed by atoms with Gasteiger partial charge in [-0.2, -0.15) is 0 Å². The standard InChI is InChI=1S/C13H11BrF2N4O/c1-2-17-12-4-3-10(19-20-12)13(21)18-11-6-8(15)7(14)5-9(11)16/h3-6H,2H2,1H3,(H,17,20)(H,18,21). The number of aromatic nitrogens is 2. The van der Waals surface area contributed by atoms with Crippen LogP contribution in [0.15, 0.2) is 28.7 Å². The molecule has 2 rings (SSSR count). The Morgan fingerprint density at radius 1 is 1.24 bits per heavy atom. The Morgan fingerprint density at radius 3 is 2.62 bits per heavy atom. The minimum Gasteiger partial charge on any atom is -0.369 e. The van der Waals surface area contributed by atoms with E-state index in [2.05, 4.69) is 36.8 Å². The maximum atomic E-state index is 13.6. The Balaban J connectivity index is 2.16. The van der Waals surface area contributed by atoms with Crippen molar-refractivity contribution in [1.29, 1.82) is 0 Å². The van der Waals surface area contributed by atoms with Gasteiger partial charge < -0.3 is 10.6 Å². The molecule has 21 heavy (non-hydrogen) atoms. The number of carbonyl (C=O) groups excluding carboxylic acids is 1. The third-order valence-corrected chi connectivity index (χ3v) is 3.12. The van der Waals surface area contributed by atoms with Crippen LogP contribution in [0.3, 0.4) is 0 Å². The fourth-order valence-electron chi connectivity index (χ4n) is 1.53. The molecule has 1 aromatic heterocycles. The van der Waals surface area contributed by atoms with Gasteiger partial charge in [0.25, 0.3) is 5.91 Å². The molecule has 1 heterocycles. The van der Waals surface area contributed by atoms with E-state index in [0.29, 0.717) is 12.4 Å². The van der Waals surface area contributed by atoms with Crippen LogP contribution in [0.2, 0.25) is 0 Å². The molecule has 5 nitrogen and oxygen atoms in total. The Bertz CT molecular complexity index is 664. The van der Waals surface area contributed by atoms with E-state index >= 15 is 0 Å². The first kappa shape index (κ1) is 15.3. The first-order chi connectivity index (χ1) is 10.0. The second kappa shape index (κ2) is 6.57. The van der Waals surface area contributed by atoms with Gasteiger partial charge in [0.15, 0.2) is 5.69 Å². The van der Waals surface area contributed by atoms with Crippen LogP contribution in [0, 0.1) is 11.6 Å². The molecular weight excluding hydrogens is 346 g/mol. The highest BCUT2D eigenvalue weighted by Gasteiger charge is 2.14. The second-order valence-electron chi connectivity index (χ2n) is 4.03. The summed E-state index contributed by atoms with van der Waals surface area (Å²) in [7, 11) is 0. The van der Waals surface area contributed by atoms with Crippen molar-refractivity contribution in [2.45, 2.75) is 6.92 Å². The number of nitrogens with zero attached hydrogens (tertiary/aromatic N) is 2. The molecule has 0 saturated heterocycles. The van der Waals surface area contributed by atoms with E-state index in [1.165, 1.54) is 6.07 Å². The summed E-state index contributed by atoms with van der Waals surface area (Å²) in [5, 5.41) is 12.7. The number of hydrogen-bond acceptors (Lipinski definition) is 4. The zero-order chi connectivity index (χ0) is 15.4. The topological polar surface area (TPSA) is 66.9 Å². The highest BCUT2D eigenvalue weighted by Crippen LogP contribution is 2.23. The lowest BCUT2D eigenvalue weighted by Crippen LogP contribution is -2.16. The van der Waals surface area contributed by atoms with Crippen molar-refractivity contribution >= 4 is 33.3 Å². The predicted octanol–water partition coefficient (Wildman–Crippen LogP) is 3.20. The first-order valence-electron chi connectivity index (χ1n) is 6.04. The Morgan fingerprint density at radius 2 is 2.00 bits per heavy atom. The molecule has 0 aliphatic heterocycles. The number of benzene rings is 1. The van der Waals surface area contributed by atoms with Crippen LogP contribution in [-0.2, 0) is 0 Å². The van der Waals surface area contributed by atoms with Gasteiger partial charge in [-0.05, 0) is 41.1 Å². The molecule has 0 bridgehead atoms. The van der Waals surface area contributed by atoms with Crippen molar-refractivity contribution in [2.75, 3.05) is 17.2 Å². The summed E-state index contributed by atoms with van der Waals surface area (Å²) in [6, 6.07) is 4.83. The number of halogens is 3. The minimum atomic E-state index is -0.756. The summed E-state index contributed by atoms with van der Waals surface area (Å²) in [6.07, 6.45) is 0. The quantitative estimate of drug-likeness (QED) is 0.825. The average Bonchev–Trinajstić information content (AvgIpc) is 2.46. The number of anilines is 2. The van der Waals surface area contributed by atoms with E-state index < -0.39 is 17.5 Å². The SMILES string of the molecule is CCNc1ccc(C(=O)Nc2cc(F)c(Br)cc2F)nn1. The molecule has 0 unspecified atom stereocenters. The van der Waals surface area contributed by atoms with Gasteiger partial charge in [-0.15, -0.1) is 10.2 Å². The number of amides is 1. The molecule has 8 heteroatoms. The highest BCUT2D eigenvalue weighted by molar-refractivity contribution is 9.10. The van der Waals surface area contributed by atoms with Crippen LogP contribution in [0.4, 0.5) is 20.3 Å². The first-order valence-corrected chi connectivity index (χ1v) is 6.84. The average molecular weight is 357 g/mol. The lowest BCUT2D eigenvalue weighted by molar-refractivity contribution is 0.102. The van der Waals surface area contributed by atoms with Gasteiger partial charge in [-0.1, -0.05) is 0 Å². The molecule has 0 saturated carbocycles. The largest absolute Gasteiger partial charge is 0.369 e. The second-order valence-corrected chi connectivity index (χ2v) is 4.89. The van der Waals surface area contributed by atoms with E-state index in [-0.39, 0.29) is 15.9 Å². The van der Waals surface area contributed by atoms with Crippen molar-refractivity contribution in [1.82, 2.24) is 10.2 Å². The number of hydrogen-bond donors (Lipinski definition) is 2. The van der Waals surface area contributed by atoms with Crippen LogP contribution in [0.5, 0.6) is 0 Å². The Hall–Kier alpha value is -2.09. The van der Waals surface area contributed by atoms with Crippen molar-refractivity contribution in [3.05, 3.63) is 46.1 Å². The zero-order valence-electron chi connectivity index (χ0n) is 11.0. The number of nitrogens with one attached hydrogen (secondary N) is 2. The lowest BCUT2D eigenvalue weighted by atomic mass is 10.2. The summed E-state index contributed by atoms with van der Waals surface area (Å²) < 4.78 is 26.9. The molecule has 0 atom stereocenters. The zero-order valence-corrected chi connectivity index (χ0v) is 12.5. The predicted molar refractivity (Wildman–Crippen MR) is 78.2 cm³/mol. The van der Waals surface area contributed by atoms with Crippen molar-refractivity contribution < 1.29 is 13.6 Å². The summed E-state index contributed by atoms with van der Waals surface area (Å²) in [4.78, 5) is 11.9. The fourth-order valence-corrected chi connectivity index (χ4v) is 1.85. The van der Waals surface area contributed by atoms with Crippen LogP contribution < -0.4 is 10.6 Å². The third kappa shape index (κ3) is 3.72. The molecule has 0 radical (unpaired) electrons. The smallest absolute Gasteiger partial charge is 0.276 e. The van der Waals surface area contributed by atoms with Gasteiger partial charge in [0, 0.05) is 12.6 Å². The van der Waals surface area contributed by atoms with E-state index in [1.54, 1.807) is 6.07 Å². The lowest BCUT2D eigenvalue weighted by Gasteiger charge is -2.07. The van der Waals surface area contributed by atoms with Gasteiger partial charge in [-0.3, -0.25) is 4.79 Å². The van der Waals surface area contributed by atoms with Gasteiger partial charge in [0.05, 0.1) is 10.2 Å². The summed E-state index contributed by atoms with van der Waals surface area (Å²) >= 11 is 2.86. The molecule has 1 aromatic carbocycles. The van der Waals surface area contributed by atoms with Gasteiger partial charge >= 0.3 is 0 Å². The molecule has 2 aromatic rings. The molecule has 0 fully saturated rings. The monoisotopic (exact) mass is 356 g/mol. The molecule has 110 valence electrons. The van der Waals surface area contributed by atoms with Crippen molar-refractivity contribution in [2.24, 2.45) is 0 Å². The third-order valence-electron chi connectivity index (χ3n) is 2.51. The maximum Gasteiger partial charge on any atom is 0.276 e. The Kier molecular flexibility index (Phi) is 4.79. The summed E-state index contributed by atoms with van der Waals surface area (Å²) in [6.45, 7) is 2.57. The molecule has 0 aliphatic carbocycles. The van der Waals surface area contributed by atoms with E-state index in [1.807, 2.05) is 6.92 Å². The molecular formula is C13H11BrF2N4O. The molecule has 0 spiro atoms. The van der Waals surface area contributed by atoms with Crippen LogP contribution in [0.25, 0.3) is 0 Å². The van der Waals surface area contributed by atoms with Crippen LogP contribution in [0.1, 0.15) is 17.4 Å². The summed E-state index contributed by atoms with van der Waals surface area (Å²) in [5.41, 5.74) is -0.266. The highest BCUT2D eigenvalue weighted by atomic mass is 79.9. The molecule has 2 N–H and O–H groups in total. The van der Waals surface area contributed by atoms with E-state index in [4.69, 9.17) is 0 Å². The number of rotatable bonds is 4. The fraction of sp³-hybridized carbons (Fsp3) is 0.154. The van der Waals surface area contributed by atoms with Gasteiger partial charge in [-0.25, -0.2) is 8.78 Å². The van der Waals surface area contributed by atoms with E-state index in [9.17, 15) is 13.6 Å². The van der Waals surface area contributed by atoms with Crippen LogP contribution >= 0.6 is 15.9 Å². The maximum absolute atomic E-state index is 13.6. The van der Waals surface area contributed by atoms with Gasteiger partial charge in [0.2, 0.25) is 0 Å². The van der Waals surface area contributed by atoms with Crippen molar-refractivity contribution in [3.8, 4) is 0 Å². The Labute approximate surface area is 127 Å². The number of carbonyl (C=O) groups is 1. The van der Waals surface area contributed by atoms with Crippen LogP contribution in [-0.4, -0.2) is 22.6 Å². The van der Waals surface area contributed by atoms with Gasteiger partial charge in [0.1, 0.15) is 17.5 Å². The molecule has 1 amide bonds. The minimum absolute atomic E-state index is 0.000574. The normalized spacial score (nSPS) is 10.3. The molecule has 0 aliphatic rings. The summed E-state index contributed by atoms with van der Waals surface area (Å²) in [5.74, 6) is -1.59.